The zero-order valence-electron chi connectivity index (χ0n) is 10.4. The molecule has 2 fully saturated rings. The molecule has 2 saturated heterocycles. The standard InChI is InChI=1S/C12H18N2O4/c1-2-12(11(17)18)3-4-14(7-12)10(16)8-5-9(15)13-6-8/h8H,2-7H2,1H3,(H,13,15)(H,17,18). The Bertz CT molecular complexity index is 396. The van der Waals surface area contributed by atoms with Gasteiger partial charge in [0.1, 0.15) is 0 Å². The van der Waals surface area contributed by atoms with Crippen LogP contribution < -0.4 is 5.32 Å². The predicted octanol–water partition coefficient (Wildman–Crippen LogP) is -0.164. The summed E-state index contributed by atoms with van der Waals surface area (Å²) in [5, 5.41) is 11.9. The average Bonchev–Trinajstić information content (AvgIpc) is 2.95. The molecule has 18 heavy (non-hydrogen) atoms. The number of carboxylic acid groups (broad SMARTS) is 1. The molecular weight excluding hydrogens is 236 g/mol. The first-order chi connectivity index (χ1) is 8.48. The largest absolute Gasteiger partial charge is 0.481 e. The number of rotatable bonds is 3. The van der Waals surface area contributed by atoms with Crippen molar-refractivity contribution < 1.29 is 19.5 Å². The second kappa shape index (κ2) is 4.59. The molecule has 100 valence electrons. The van der Waals surface area contributed by atoms with Gasteiger partial charge in [0.2, 0.25) is 11.8 Å². The van der Waals surface area contributed by atoms with Gasteiger partial charge in [-0.25, -0.2) is 0 Å². The Hall–Kier alpha value is -1.59. The summed E-state index contributed by atoms with van der Waals surface area (Å²) in [6, 6.07) is 0. The predicted molar refractivity (Wildman–Crippen MR) is 62.7 cm³/mol. The normalized spacial score (nSPS) is 31.5. The number of carbonyl (C=O) groups excluding carboxylic acids is 2. The number of nitrogens with zero attached hydrogens (tertiary/aromatic N) is 1. The van der Waals surface area contributed by atoms with Crippen LogP contribution in [0, 0.1) is 11.3 Å². The lowest BCUT2D eigenvalue weighted by Gasteiger charge is -2.24. The Kier molecular flexibility index (Phi) is 3.28. The molecule has 2 N–H and O–H groups in total. The smallest absolute Gasteiger partial charge is 0.311 e. The molecule has 2 aliphatic rings. The van der Waals surface area contributed by atoms with Crippen LogP contribution in [-0.2, 0) is 14.4 Å². The molecule has 6 nitrogen and oxygen atoms in total. The van der Waals surface area contributed by atoms with E-state index in [4.69, 9.17) is 0 Å². The number of amides is 2. The quantitative estimate of drug-likeness (QED) is 0.732. The van der Waals surface area contributed by atoms with Gasteiger partial charge in [0.05, 0.1) is 11.3 Å². The Balaban J connectivity index is 2.02. The highest BCUT2D eigenvalue weighted by Crippen LogP contribution is 2.35. The minimum atomic E-state index is -0.832. The number of aliphatic carboxylic acids is 1. The van der Waals surface area contributed by atoms with Crippen molar-refractivity contribution in [3.05, 3.63) is 0 Å². The van der Waals surface area contributed by atoms with E-state index in [1.165, 1.54) is 0 Å². The first-order valence-corrected chi connectivity index (χ1v) is 6.27. The molecule has 0 aromatic heterocycles. The van der Waals surface area contributed by atoms with Crippen molar-refractivity contribution in [2.45, 2.75) is 26.2 Å². The van der Waals surface area contributed by atoms with Gasteiger partial charge in [0, 0.05) is 26.1 Å². The van der Waals surface area contributed by atoms with Gasteiger partial charge in [0.25, 0.3) is 0 Å². The van der Waals surface area contributed by atoms with Crippen LogP contribution >= 0.6 is 0 Å². The zero-order chi connectivity index (χ0) is 13.3. The molecule has 0 aromatic rings. The van der Waals surface area contributed by atoms with E-state index in [0.29, 0.717) is 25.9 Å². The Morgan fingerprint density at radius 1 is 1.56 bits per heavy atom. The summed E-state index contributed by atoms with van der Waals surface area (Å²) in [6.07, 6.45) is 1.24. The molecule has 2 unspecified atom stereocenters. The maximum absolute atomic E-state index is 12.2. The van der Waals surface area contributed by atoms with Crippen LogP contribution in [0.15, 0.2) is 0 Å². The van der Waals surface area contributed by atoms with Crippen LogP contribution in [0.1, 0.15) is 26.2 Å². The Morgan fingerprint density at radius 2 is 2.28 bits per heavy atom. The fourth-order valence-corrected chi connectivity index (χ4v) is 2.71. The van der Waals surface area contributed by atoms with E-state index in [-0.39, 0.29) is 30.7 Å². The number of nitrogens with one attached hydrogen (secondary N) is 1. The van der Waals surface area contributed by atoms with Crippen molar-refractivity contribution in [3.63, 3.8) is 0 Å². The summed E-state index contributed by atoms with van der Waals surface area (Å²) in [7, 11) is 0. The van der Waals surface area contributed by atoms with Gasteiger partial charge in [-0.2, -0.15) is 0 Å². The maximum atomic E-state index is 12.2. The topological polar surface area (TPSA) is 86.7 Å². The first kappa shape index (κ1) is 12.9. The van der Waals surface area contributed by atoms with Crippen LogP contribution in [0.3, 0.4) is 0 Å². The molecule has 0 radical (unpaired) electrons. The van der Waals surface area contributed by atoms with E-state index < -0.39 is 11.4 Å². The van der Waals surface area contributed by atoms with Gasteiger partial charge in [-0.05, 0) is 12.8 Å². The second-order valence-electron chi connectivity index (χ2n) is 5.15. The summed E-state index contributed by atoms with van der Waals surface area (Å²) in [5.41, 5.74) is -0.800. The van der Waals surface area contributed by atoms with E-state index in [0.717, 1.165) is 0 Å². The summed E-state index contributed by atoms with van der Waals surface area (Å²) in [6.45, 7) is 2.95. The number of hydrogen-bond acceptors (Lipinski definition) is 3. The molecule has 6 heteroatoms. The summed E-state index contributed by atoms with van der Waals surface area (Å²) in [5.74, 6) is -1.35. The van der Waals surface area contributed by atoms with Crippen molar-refractivity contribution >= 4 is 17.8 Å². The molecule has 0 aliphatic carbocycles. The highest BCUT2D eigenvalue weighted by Gasteiger charge is 2.46. The molecule has 0 bridgehead atoms. The first-order valence-electron chi connectivity index (χ1n) is 6.27. The second-order valence-corrected chi connectivity index (χ2v) is 5.15. The SMILES string of the molecule is CCC1(C(=O)O)CCN(C(=O)C2CNC(=O)C2)C1. The maximum Gasteiger partial charge on any atom is 0.311 e. The van der Waals surface area contributed by atoms with Crippen molar-refractivity contribution in [1.82, 2.24) is 10.2 Å². The Labute approximate surface area is 105 Å². The molecule has 2 aliphatic heterocycles. The third-order valence-electron chi connectivity index (χ3n) is 4.12. The van der Waals surface area contributed by atoms with E-state index in [9.17, 15) is 19.5 Å². The van der Waals surface area contributed by atoms with Crippen molar-refractivity contribution in [1.29, 1.82) is 0 Å². The molecule has 0 saturated carbocycles. The summed E-state index contributed by atoms with van der Waals surface area (Å²) < 4.78 is 0. The fourth-order valence-electron chi connectivity index (χ4n) is 2.71. The number of hydrogen-bond donors (Lipinski definition) is 2. The molecular formula is C12H18N2O4. The van der Waals surface area contributed by atoms with Crippen molar-refractivity contribution in [2.75, 3.05) is 19.6 Å². The van der Waals surface area contributed by atoms with E-state index >= 15 is 0 Å². The molecule has 0 aromatic carbocycles. The minimum absolute atomic E-state index is 0.0927. The number of carboxylic acids is 1. The van der Waals surface area contributed by atoms with Crippen LogP contribution in [-0.4, -0.2) is 47.4 Å². The fraction of sp³-hybridized carbons (Fsp3) is 0.750. The third-order valence-corrected chi connectivity index (χ3v) is 4.12. The van der Waals surface area contributed by atoms with E-state index in [2.05, 4.69) is 5.32 Å². The minimum Gasteiger partial charge on any atom is -0.481 e. The lowest BCUT2D eigenvalue weighted by Crippen LogP contribution is -2.39. The monoisotopic (exact) mass is 254 g/mol. The molecule has 2 amide bonds. The highest BCUT2D eigenvalue weighted by molar-refractivity contribution is 5.90. The van der Waals surface area contributed by atoms with Crippen LogP contribution in [0.4, 0.5) is 0 Å². The van der Waals surface area contributed by atoms with Crippen molar-refractivity contribution in [2.24, 2.45) is 11.3 Å². The summed E-state index contributed by atoms with van der Waals surface area (Å²) in [4.78, 5) is 36.1. The van der Waals surface area contributed by atoms with Gasteiger partial charge in [-0.15, -0.1) is 0 Å². The van der Waals surface area contributed by atoms with Crippen LogP contribution in [0.25, 0.3) is 0 Å². The van der Waals surface area contributed by atoms with Crippen molar-refractivity contribution in [3.8, 4) is 0 Å². The van der Waals surface area contributed by atoms with E-state index in [1.54, 1.807) is 4.90 Å². The lowest BCUT2D eigenvalue weighted by molar-refractivity contribution is -0.149. The third kappa shape index (κ3) is 2.07. The van der Waals surface area contributed by atoms with Crippen LogP contribution in [0.5, 0.6) is 0 Å². The highest BCUT2D eigenvalue weighted by atomic mass is 16.4. The molecule has 2 heterocycles. The number of carbonyl (C=O) groups is 3. The number of likely N-dealkylation sites (tertiary alicyclic amines) is 1. The average molecular weight is 254 g/mol. The molecule has 2 rings (SSSR count). The summed E-state index contributed by atoms with van der Waals surface area (Å²) >= 11 is 0. The zero-order valence-corrected chi connectivity index (χ0v) is 10.4. The van der Waals surface area contributed by atoms with Gasteiger partial charge in [-0.1, -0.05) is 6.92 Å². The van der Waals surface area contributed by atoms with Crippen LogP contribution in [0.2, 0.25) is 0 Å². The van der Waals surface area contributed by atoms with Gasteiger partial charge in [0.15, 0.2) is 0 Å². The molecule has 2 atom stereocenters. The Morgan fingerprint density at radius 3 is 2.72 bits per heavy atom. The molecule has 0 spiro atoms. The van der Waals surface area contributed by atoms with Gasteiger partial charge < -0.3 is 15.3 Å². The van der Waals surface area contributed by atoms with Gasteiger partial charge in [-0.3, -0.25) is 14.4 Å². The van der Waals surface area contributed by atoms with Gasteiger partial charge >= 0.3 is 5.97 Å². The van der Waals surface area contributed by atoms with E-state index in [1.807, 2.05) is 6.92 Å². The lowest BCUT2D eigenvalue weighted by atomic mass is 9.84.